The maximum atomic E-state index is 4.46. The van der Waals surface area contributed by atoms with E-state index in [1.54, 1.807) is 22.8 Å². The topological polar surface area (TPSA) is 46.3 Å². The summed E-state index contributed by atoms with van der Waals surface area (Å²) >= 11 is 1.62. The van der Waals surface area contributed by atoms with Gasteiger partial charge in [0.2, 0.25) is 5.16 Å². The van der Waals surface area contributed by atoms with Gasteiger partial charge < -0.3 is 4.90 Å². The van der Waals surface area contributed by atoms with Gasteiger partial charge >= 0.3 is 0 Å². The fourth-order valence-electron chi connectivity index (χ4n) is 2.10. The van der Waals surface area contributed by atoms with Gasteiger partial charge in [-0.3, -0.25) is 0 Å². The molecule has 6 heteroatoms. The quantitative estimate of drug-likeness (QED) is 0.510. The van der Waals surface area contributed by atoms with Crippen LogP contribution in [0, 0.1) is 0 Å². The number of benzene rings is 2. The highest BCUT2D eigenvalue weighted by Gasteiger charge is 2.04. The Balaban J connectivity index is 1.66. The molecule has 3 rings (SSSR count). The minimum absolute atomic E-state index is 0.778. The fourth-order valence-corrected chi connectivity index (χ4v) is 2.92. The van der Waals surface area contributed by atoms with Crippen LogP contribution in [-0.2, 0) is 5.75 Å². The number of hydrogen-bond acceptors (Lipinski definition) is 5. The lowest BCUT2D eigenvalue weighted by Gasteiger charge is -2.11. The highest BCUT2D eigenvalue weighted by atomic mass is 32.2. The zero-order valence-corrected chi connectivity index (χ0v) is 14.5. The Hall–Kier alpha value is -2.60. The van der Waals surface area contributed by atoms with Crippen LogP contribution in [0.1, 0.15) is 11.1 Å². The Morgan fingerprint density at radius 2 is 1.83 bits per heavy atom. The molecule has 0 atom stereocenters. The van der Waals surface area contributed by atoms with Crippen molar-refractivity contribution in [3.63, 3.8) is 0 Å². The molecule has 0 spiro atoms. The zero-order valence-electron chi connectivity index (χ0n) is 13.7. The second-order valence-corrected chi connectivity index (χ2v) is 6.41. The molecule has 2 aromatic carbocycles. The molecule has 3 aromatic rings. The summed E-state index contributed by atoms with van der Waals surface area (Å²) in [4.78, 5) is 2.07. The van der Waals surface area contributed by atoms with Crippen LogP contribution in [0.25, 0.3) is 0 Å². The Morgan fingerprint density at radius 3 is 2.54 bits per heavy atom. The first-order valence-electron chi connectivity index (χ1n) is 7.61. The molecule has 0 unspecified atom stereocenters. The standard InChI is InChI=1S/C18H19N5S/c1-22(2)17-10-8-15(9-11-17)12-20-23-14-19-21-18(23)24-13-16-6-4-3-5-7-16/h3-12,14H,13H2,1-2H3. The first-order chi connectivity index (χ1) is 11.7. The first-order valence-corrected chi connectivity index (χ1v) is 8.59. The van der Waals surface area contributed by atoms with E-state index < -0.39 is 0 Å². The van der Waals surface area contributed by atoms with Crippen molar-refractivity contribution in [3.05, 3.63) is 72.1 Å². The second-order valence-electron chi connectivity index (χ2n) is 5.46. The van der Waals surface area contributed by atoms with Crippen molar-refractivity contribution in [1.82, 2.24) is 14.9 Å². The minimum Gasteiger partial charge on any atom is -0.378 e. The van der Waals surface area contributed by atoms with E-state index in [2.05, 4.69) is 44.5 Å². The molecule has 0 N–H and O–H groups in total. The van der Waals surface area contributed by atoms with Gasteiger partial charge in [-0.1, -0.05) is 54.2 Å². The molecule has 5 nitrogen and oxygen atoms in total. The van der Waals surface area contributed by atoms with Crippen LogP contribution >= 0.6 is 11.8 Å². The van der Waals surface area contributed by atoms with E-state index in [4.69, 9.17) is 0 Å². The molecule has 0 aliphatic heterocycles. The molecule has 0 amide bonds. The third-order valence-electron chi connectivity index (χ3n) is 3.45. The maximum Gasteiger partial charge on any atom is 0.212 e. The van der Waals surface area contributed by atoms with Gasteiger partial charge in [-0.15, -0.1) is 10.2 Å². The van der Waals surface area contributed by atoms with Crippen LogP contribution in [0.5, 0.6) is 0 Å². The largest absolute Gasteiger partial charge is 0.378 e. The van der Waals surface area contributed by atoms with Crippen LogP contribution in [0.2, 0.25) is 0 Å². The molecule has 0 fully saturated rings. The van der Waals surface area contributed by atoms with Crippen LogP contribution in [0.4, 0.5) is 5.69 Å². The van der Waals surface area contributed by atoms with E-state index in [1.165, 1.54) is 5.56 Å². The van der Waals surface area contributed by atoms with Gasteiger partial charge in [0.15, 0.2) is 0 Å². The molecule has 0 saturated carbocycles. The summed E-state index contributed by atoms with van der Waals surface area (Å²) in [6.07, 6.45) is 3.44. The number of thioether (sulfide) groups is 1. The Kier molecular flexibility index (Phi) is 5.28. The highest BCUT2D eigenvalue weighted by Crippen LogP contribution is 2.20. The number of rotatable bonds is 6. The molecule has 0 aliphatic carbocycles. The molecule has 0 aliphatic rings. The van der Waals surface area contributed by atoms with Crippen molar-refractivity contribution < 1.29 is 0 Å². The molecule has 0 saturated heterocycles. The van der Waals surface area contributed by atoms with Gasteiger partial charge in [0.1, 0.15) is 6.33 Å². The molecule has 1 heterocycles. The molecule has 1 aromatic heterocycles. The molecule has 24 heavy (non-hydrogen) atoms. The van der Waals surface area contributed by atoms with Crippen LogP contribution < -0.4 is 4.90 Å². The fraction of sp³-hybridized carbons (Fsp3) is 0.167. The van der Waals surface area contributed by atoms with E-state index in [0.29, 0.717) is 0 Å². The van der Waals surface area contributed by atoms with E-state index in [0.717, 1.165) is 22.2 Å². The van der Waals surface area contributed by atoms with Gasteiger partial charge in [0.25, 0.3) is 0 Å². The molecular weight excluding hydrogens is 318 g/mol. The molecule has 0 bridgehead atoms. The average molecular weight is 337 g/mol. The predicted molar refractivity (Wildman–Crippen MR) is 99.8 cm³/mol. The summed E-state index contributed by atoms with van der Waals surface area (Å²) in [5.41, 5.74) is 3.45. The Labute approximate surface area is 146 Å². The zero-order chi connectivity index (χ0) is 16.8. The van der Waals surface area contributed by atoms with Crippen LogP contribution in [0.15, 0.2) is 71.2 Å². The van der Waals surface area contributed by atoms with E-state index >= 15 is 0 Å². The van der Waals surface area contributed by atoms with E-state index in [9.17, 15) is 0 Å². The summed E-state index contributed by atoms with van der Waals surface area (Å²) in [6, 6.07) is 18.5. The van der Waals surface area contributed by atoms with Crippen molar-refractivity contribution in [1.29, 1.82) is 0 Å². The lowest BCUT2D eigenvalue weighted by Crippen LogP contribution is -2.08. The summed E-state index contributed by atoms with van der Waals surface area (Å²) < 4.78 is 1.70. The summed E-state index contributed by atoms with van der Waals surface area (Å²) in [7, 11) is 4.05. The van der Waals surface area contributed by atoms with Crippen molar-refractivity contribution in [3.8, 4) is 0 Å². The SMILES string of the molecule is CN(C)c1ccc(C=Nn2cnnc2SCc2ccccc2)cc1. The minimum atomic E-state index is 0.778. The maximum absolute atomic E-state index is 4.46. The summed E-state index contributed by atoms with van der Waals surface area (Å²) in [6.45, 7) is 0. The molecule has 122 valence electrons. The first kappa shape index (κ1) is 16.3. The van der Waals surface area contributed by atoms with Gasteiger partial charge in [0, 0.05) is 25.5 Å². The van der Waals surface area contributed by atoms with Crippen LogP contribution in [-0.4, -0.2) is 35.2 Å². The number of aromatic nitrogens is 3. The number of hydrogen-bond donors (Lipinski definition) is 0. The van der Waals surface area contributed by atoms with Crippen molar-refractivity contribution >= 4 is 23.7 Å². The second kappa shape index (κ2) is 7.79. The van der Waals surface area contributed by atoms with Gasteiger partial charge in [-0.05, 0) is 23.3 Å². The average Bonchev–Trinajstić information content (AvgIpc) is 3.07. The van der Waals surface area contributed by atoms with E-state index in [-0.39, 0.29) is 0 Å². The highest BCUT2D eigenvalue weighted by molar-refractivity contribution is 7.98. The molecular formula is C18H19N5S. The summed E-state index contributed by atoms with van der Waals surface area (Å²) in [5.74, 6) is 0.840. The van der Waals surface area contributed by atoms with Crippen LogP contribution in [0.3, 0.4) is 0 Å². The summed E-state index contributed by atoms with van der Waals surface area (Å²) in [5, 5.41) is 13.3. The Morgan fingerprint density at radius 1 is 1.08 bits per heavy atom. The predicted octanol–water partition coefficient (Wildman–Crippen LogP) is 3.52. The smallest absolute Gasteiger partial charge is 0.212 e. The lowest BCUT2D eigenvalue weighted by molar-refractivity contribution is 0.767. The third kappa shape index (κ3) is 4.23. The third-order valence-corrected chi connectivity index (χ3v) is 4.46. The van der Waals surface area contributed by atoms with Gasteiger partial charge in [0.05, 0.1) is 6.21 Å². The van der Waals surface area contributed by atoms with Crippen molar-refractivity contribution in [2.75, 3.05) is 19.0 Å². The van der Waals surface area contributed by atoms with Crippen molar-refractivity contribution in [2.45, 2.75) is 10.9 Å². The number of anilines is 1. The molecule has 0 radical (unpaired) electrons. The lowest BCUT2D eigenvalue weighted by atomic mass is 10.2. The van der Waals surface area contributed by atoms with Gasteiger partial charge in [-0.25, -0.2) is 0 Å². The van der Waals surface area contributed by atoms with E-state index in [1.807, 2.05) is 50.6 Å². The normalized spacial score (nSPS) is 11.1. The monoisotopic (exact) mass is 337 g/mol. The Bertz CT molecular complexity index is 794. The van der Waals surface area contributed by atoms with Gasteiger partial charge in [-0.2, -0.15) is 9.78 Å². The number of nitrogens with zero attached hydrogens (tertiary/aromatic N) is 5. The van der Waals surface area contributed by atoms with Crippen molar-refractivity contribution in [2.24, 2.45) is 5.10 Å².